The largest absolute Gasteiger partial charge is 0.476 e. The molecule has 0 bridgehead atoms. The van der Waals surface area contributed by atoms with Crippen molar-refractivity contribution in [3.05, 3.63) is 41.3 Å². The maximum atomic E-state index is 13.0. The van der Waals surface area contributed by atoms with E-state index in [1.54, 1.807) is 0 Å². The maximum absolute atomic E-state index is 13.0. The topological polar surface area (TPSA) is 63.3 Å². The molecule has 0 aliphatic carbocycles. The van der Waals surface area contributed by atoms with Crippen molar-refractivity contribution in [1.29, 1.82) is 0 Å². The van der Waals surface area contributed by atoms with Crippen molar-refractivity contribution < 1.29 is 32.0 Å². The minimum absolute atomic E-state index is 0.468. The average molecular weight is 275 g/mol. The van der Waals surface area contributed by atoms with Gasteiger partial charge in [0.05, 0.1) is 5.56 Å². The number of carbonyl (C=O) groups is 1. The van der Waals surface area contributed by atoms with Crippen LogP contribution in [-0.4, -0.2) is 16.2 Å². The molecule has 0 amide bonds. The molecule has 0 fully saturated rings. The quantitative estimate of drug-likeness (QED) is 0.855. The van der Waals surface area contributed by atoms with Crippen LogP contribution < -0.4 is 0 Å². The van der Waals surface area contributed by atoms with Crippen LogP contribution in [0.3, 0.4) is 0 Å². The van der Waals surface area contributed by atoms with Gasteiger partial charge in [-0.2, -0.15) is 13.2 Å². The van der Waals surface area contributed by atoms with Gasteiger partial charge in [-0.05, 0) is 18.2 Å². The predicted molar refractivity (Wildman–Crippen MR) is 53.9 cm³/mol. The SMILES string of the molecule is O=C(O)c1cc(-c2cc(F)ccc2C(F)(F)F)on1. The lowest BCUT2D eigenvalue weighted by Crippen LogP contribution is -2.07. The summed E-state index contributed by atoms with van der Waals surface area (Å²) in [6.45, 7) is 0. The molecule has 0 aliphatic heterocycles. The summed E-state index contributed by atoms with van der Waals surface area (Å²) in [4.78, 5) is 10.6. The summed E-state index contributed by atoms with van der Waals surface area (Å²) in [5, 5.41) is 11.7. The molecule has 0 spiro atoms. The van der Waals surface area contributed by atoms with E-state index in [-0.39, 0.29) is 0 Å². The molecule has 1 aromatic carbocycles. The van der Waals surface area contributed by atoms with Crippen molar-refractivity contribution in [2.45, 2.75) is 6.18 Å². The molecular weight excluding hydrogens is 270 g/mol. The molecule has 0 aliphatic rings. The third-order valence-electron chi connectivity index (χ3n) is 2.28. The van der Waals surface area contributed by atoms with Gasteiger partial charge in [0.25, 0.3) is 0 Å². The summed E-state index contributed by atoms with van der Waals surface area (Å²) in [7, 11) is 0. The number of carboxylic acid groups (broad SMARTS) is 1. The van der Waals surface area contributed by atoms with E-state index in [9.17, 15) is 22.4 Å². The summed E-state index contributed by atoms with van der Waals surface area (Å²) in [5.41, 5.74) is -2.30. The van der Waals surface area contributed by atoms with Crippen molar-refractivity contribution >= 4 is 5.97 Å². The highest BCUT2D eigenvalue weighted by atomic mass is 19.4. The molecule has 0 unspecified atom stereocenters. The van der Waals surface area contributed by atoms with Gasteiger partial charge in [-0.25, -0.2) is 9.18 Å². The number of hydrogen-bond donors (Lipinski definition) is 1. The Kier molecular flexibility index (Phi) is 3.01. The van der Waals surface area contributed by atoms with Crippen LogP contribution in [0.1, 0.15) is 16.1 Å². The first kappa shape index (κ1) is 13.1. The number of rotatable bonds is 2. The third kappa shape index (κ3) is 2.56. The first-order valence-electron chi connectivity index (χ1n) is 4.86. The first-order chi connectivity index (χ1) is 8.79. The Morgan fingerprint density at radius 2 is 1.95 bits per heavy atom. The van der Waals surface area contributed by atoms with Crippen LogP contribution in [0.4, 0.5) is 17.6 Å². The smallest absolute Gasteiger partial charge is 0.417 e. The standard InChI is InChI=1S/C11H5F4NO3/c12-5-1-2-7(11(13,14)15)6(3-5)9-4-8(10(17)18)16-19-9/h1-4H,(H,17,18). The van der Waals surface area contributed by atoms with Crippen LogP contribution in [0.2, 0.25) is 0 Å². The second-order valence-electron chi connectivity index (χ2n) is 3.57. The molecule has 1 N–H and O–H groups in total. The number of aromatic carboxylic acids is 1. The fourth-order valence-electron chi connectivity index (χ4n) is 1.47. The van der Waals surface area contributed by atoms with Gasteiger partial charge < -0.3 is 9.63 Å². The number of hydrogen-bond acceptors (Lipinski definition) is 3. The number of benzene rings is 1. The zero-order valence-corrected chi connectivity index (χ0v) is 9.03. The minimum Gasteiger partial charge on any atom is -0.476 e. The highest BCUT2D eigenvalue weighted by Crippen LogP contribution is 2.37. The van der Waals surface area contributed by atoms with E-state index >= 15 is 0 Å². The summed E-state index contributed by atoms with van der Waals surface area (Å²) < 4.78 is 55.7. The van der Waals surface area contributed by atoms with Crippen LogP contribution in [0.25, 0.3) is 11.3 Å². The Hall–Kier alpha value is -2.38. The Labute approximate surface area is 103 Å². The van der Waals surface area contributed by atoms with Gasteiger partial charge in [-0.3, -0.25) is 0 Å². The van der Waals surface area contributed by atoms with E-state index in [1.807, 2.05) is 0 Å². The summed E-state index contributed by atoms with van der Waals surface area (Å²) >= 11 is 0. The van der Waals surface area contributed by atoms with Crippen LogP contribution in [0, 0.1) is 5.82 Å². The molecular formula is C11H5F4NO3. The Balaban J connectivity index is 2.59. The molecule has 8 heteroatoms. The van der Waals surface area contributed by atoms with Crippen LogP contribution >= 0.6 is 0 Å². The second kappa shape index (κ2) is 4.38. The van der Waals surface area contributed by atoms with Gasteiger partial charge in [0.1, 0.15) is 5.82 Å². The van der Waals surface area contributed by atoms with E-state index in [1.165, 1.54) is 0 Å². The van der Waals surface area contributed by atoms with E-state index in [4.69, 9.17) is 5.11 Å². The lowest BCUT2D eigenvalue weighted by molar-refractivity contribution is -0.137. The fourth-order valence-corrected chi connectivity index (χ4v) is 1.47. The van der Waals surface area contributed by atoms with Gasteiger partial charge in [-0.1, -0.05) is 5.16 Å². The molecule has 19 heavy (non-hydrogen) atoms. The first-order valence-corrected chi connectivity index (χ1v) is 4.86. The maximum Gasteiger partial charge on any atom is 0.417 e. The molecule has 4 nitrogen and oxygen atoms in total. The van der Waals surface area contributed by atoms with E-state index in [2.05, 4.69) is 9.68 Å². The summed E-state index contributed by atoms with van der Waals surface area (Å²) in [5.74, 6) is -2.83. The number of carboxylic acids is 1. The highest BCUT2D eigenvalue weighted by molar-refractivity contribution is 5.86. The lowest BCUT2D eigenvalue weighted by Gasteiger charge is -2.10. The normalized spacial score (nSPS) is 11.6. The van der Waals surface area contributed by atoms with E-state index in [0.717, 1.165) is 6.07 Å². The number of nitrogens with zero attached hydrogens (tertiary/aromatic N) is 1. The van der Waals surface area contributed by atoms with Gasteiger partial charge in [0, 0.05) is 11.6 Å². The predicted octanol–water partition coefficient (Wildman–Crippen LogP) is 3.20. The summed E-state index contributed by atoms with van der Waals surface area (Å²) in [6, 6.07) is 2.61. The van der Waals surface area contributed by atoms with Gasteiger partial charge in [0.2, 0.25) is 0 Å². The molecule has 0 atom stereocenters. The molecule has 100 valence electrons. The number of aromatic nitrogens is 1. The van der Waals surface area contributed by atoms with E-state index in [0.29, 0.717) is 18.2 Å². The molecule has 1 heterocycles. The Morgan fingerprint density at radius 1 is 1.26 bits per heavy atom. The van der Waals surface area contributed by atoms with E-state index < -0.39 is 40.5 Å². The average Bonchev–Trinajstić information content (AvgIpc) is 2.76. The zero-order chi connectivity index (χ0) is 14.2. The van der Waals surface area contributed by atoms with Crippen molar-refractivity contribution in [2.24, 2.45) is 0 Å². The molecule has 1 aromatic heterocycles. The molecule has 0 radical (unpaired) electrons. The van der Waals surface area contributed by atoms with Gasteiger partial charge in [-0.15, -0.1) is 0 Å². The second-order valence-corrected chi connectivity index (χ2v) is 3.57. The molecule has 2 aromatic rings. The van der Waals surface area contributed by atoms with Gasteiger partial charge in [0.15, 0.2) is 11.5 Å². The van der Waals surface area contributed by atoms with Crippen LogP contribution in [-0.2, 0) is 6.18 Å². The Morgan fingerprint density at radius 3 is 2.47 bits per heavy atom. The number of alkyl halides is 3. The highest BCUT2D eigenvalue weighted by Gasteiger charge is 2.35. The molecule has 0 saturated carbocycles. The molecule has 0 saturated heterocycles. The van der Waals surface area contributed by atoms with Gasteiger partial charge >= 0.3 is 12.1 Å². The van der Waals surface area contributed by atoms with Crippen LogP contribution in [0.15, 0.2) is 28.8 Å². The lowest BCUT2D eigenvalue weighted by atomic mass is 10.0. The molecule has 2 rings (SSSR count). The fraction of sp³-hybridized carbons (Fsp3) is 0.0909. The third-order valence-corrected chi connectivity index (χ3v) is 2.28. The van der Waals surface area contributed by atoms with Crippen molar-refractivity contribution in [1.82, 2.24) is 5.16 Å². The monoisotopic (exact) mass is 275 g/mol. The number of halogens is 4. The van der Waals surface area contributed by atoms with Crippen molar-refractivity contribution in [3.63, 3.8) is 0 Å². The van der Waals surface area contributed by atoms with Crippen molar-refractivity contribution in [3.8, 4) is 11.3 Å². The van der Waals surface area contributed by atoms with Crippen molar-refractivity contribution in [2.75, 3.05) is 0 Å². The van der Waals surface area contributed by atoms with Crippen LogP contribution in [0.5, 0.6) is 0 Å². The summed E-state index contributed by atoms with van der Waals surface area (Å²) in [6.07, 6.45) is -4.72. The zero-order valence-electron chi connectivity index (χ0n) is 9.03. The minimum atomic E-state index is -4.72. The Bertz CT molecular complexity index is 633.